The van der Waals surface area contributed by atoms with Crippen LogP contribution in [-0.2, 0) is 6.61 Å². The third kappa shape index (κ3) is 2.79. The van der Waals surface area contributed by atoms with Crippen molar-refractivity contribution < 1.29 is 13.9 Å². The molecule has 3 aromatic rings. The summed E-state index contributed by atoms with van der Waals surface area (Å²) in [5, 5.41) is 1.04. The van der Waals surface area contributed by atoms with Crippen molar-refractivity contribution in [1.29, 1.82) is 0 Å². The van der Waals surface area contributed by atoms with Gasteiger partial charge in [-0.25, -0.2) is 4.39 Å². The Morgan fingerprint density at radius 2 is 2.00 bits per heavy atom. The van der Waals surface area contributed by atoms with Crippen LogP contribution in [0.4, 0.5) is 10.1 Å². The van der Waals surface area contributed by atoms with E-state index in [1.165, 1.54) is 19.2 Å². The van der Waals surface area contributed by atoms with Gasteiger partial charge in [0.25, 0.3) is 0 Å². The van der Waals surface area contributed by atoms with Crippen LogP contribution in [0.15, 0.2) is 48.7 Å². The van der Waals surface area contributed by atoms with Crippen molar-refractivity contribution in [1.82, 2.24) is 4.98 Å². The van der Waals surface area contributed by atoms with Crippen LogP contribution in [0.3, 0.4) is 0 Å². The third-order valence-corrected chi connectivity index (χ3v) is 3.34. The molecule has 0 unspecified atom stereocenters. The second-order valence-electron chi connectivity index (χ2n) is 4.84. The van der Waals surface area contributed by atoms with E-state index in [1.807, 2.05) is 30.3 Å². The SMILES string of the molecule is COc1cc(F)c(N)cc1OCc1ccc2ncccc2c1. The first-order valence-electron chi connectivity index (χ1n) is 6.77. The molecular formula is C17H15FN2O2. The van der Waals surface area contributed by atoms with Gasteiger partial charge in [0.15, 0.2) is 11.5 Å². The van der Waals surface area contributed by atoms with E-state index in [0.717, 1.165) is 16.5 Å². The van der Waals surface area contributed by atoms with Crippen LogP contribution in [0, 0.1) is 5.82 Å². The molecule has 0 amide bonds. The van der Waals surface area contributed by atoms with Crippen molar-refractivity contribution in [3.63, 3.8) is 0 Å². The Balaban J connectivity index is 1.83. The maximum absolute atomic E-state index is 13.4. The highest BCUT2D eigenvalue weighted by Crippen LogP contribution is 2.32. The van der Waals surface area contributed by atoms with E-state index in [0.29, 0.717) is 18.1 Å². The molecule has 0 saturated carbocycles. The first-order chi connectivity index (χ1) is 10.7. The summed E-state index contributed by atoms with van der Waals surface area (Å²) < 4.78 is 24.2. The molecular weight excluding hydrogens is 283 g/mol. The van der Waals surface area contributed by atoms with Crippen LogP contribution in [-0.4, -0.2) is 12.1 Å². The van der Waals surface area contributed by atoms with E-state index in [1.54, 1.807) is 6.20 Å². The van der Waals surface area contributed by atoms with Crippen LogP contribution in [0.1, 0.15) is 5.56 Å². The summed E-state index contributed by atoms with van der Waals surface area (Å²) in [5.74, 6) is 0.197. The molecule has 5 heteroatoms. The minimum Gasteiger partial charge on any atom is -0.493 e. The molecule has 0 spiro atoms. The minimum atomic E-state index is -0.527. The van der Waals surface area contributed by atoms with Gasteiger partial charge in [0.05, 0.1) is 18.3 Å². The fourth-order valence-corrected chi connectivity index (χ4v) is 2.20. The number of pyridine rings is 1. The van der Waals surface area contributed by atoms with E-state index in [-0.39, 0.29) is 5.69 Å². The Labute approximate surface area is 127 Å². The molecule has 0 bridgehead atoms. The fourth-order valence-electron chi connectivity index (χ4n) is 2.20. The molecule has 0 radical (unpaired) electrons. The third-order valence-electron chi connectivity index (χ3n) is 3.34. The van der Waals surface area contributed by atoms with Gasteiger partial charge in [0.1, 0.15) is 12.4 Å². The molecule has 2 N–H and O–H groups in total. The van der Waals surface area contributed by atoms with E-state index in [4.69, 9.17) is 15.2 Å². The van der Waals surface area contributed by atoms with Crippen molar-refractivity contribution in [3.8, 4) is 11.5 Å². The molecule has 0 atom stereocenters. The topological polar surface area (TPSA) is 57.4 Å². The lowest BCUT2D eigenvalue weighted by Gasteiger charge is -2.12. The summed E-state index contributed by atoms with van der Waals surface area (Å²) in [7, 11) is 1.46. The van der Waals surface area contributed by atoms with Crippen LogP contribution < -0.4 is 15.2 Å². The Bertz CT molecular complexity index is 821. The summed E-state index contributed by atoms with van der Waals surface area (Å²) >= 11 is 0. The number of rotatable bonds is 4. The van der Waals surface area contributed by atoms with Crippen molar-refractivity contribution in [2.75, 3.05) is 12.8 Å². The van der Waals surface area contributed by atoms with Crippen LogP contribution >= 0.6 is 0 Å². The number of ether oxygens (including phenoxy) is 2. The van der Waals surface area contributed by atoms with Gasteiger partial charge in [-0.3, -0.25) is 4.98 Å². The average Bonchev–Trinajstić information content (AvgIpc) is 2.55. The molecule has 0 aliphatic heterocycles. The van der Waals surface area contributed by atoms with E-state index >= 15 is 0 Å². The molecule has 2 aromatic carbocycles. The number of anilines is 1. The lowest BCUT2D eigenvalue weighted by molar-refractivity contribution is 0.284. The number of nitrogen functional groups attached to an aromatic ring is 1. The molecule has 0 aliphatic carbocycles. The smallest absolute Gasteiger partial charge is 0.163 e. The zero-order valence-corrected chi connectivity index (χ0v) is 12.0. The quantitative estimate of drug-likeness (QED) is 0.748. The zero-order chi connectivity index (χ0) is 15.5. The summed E-state index contributed by atoms with van der Waals surface area (Å²) in [6.45, 7) is 0.326. The lowest BCUT2D eigenvalue weighted by atomic mass is 10.1. The van der Waals surface area contributed by atoms with Crippen LogP contribution in [0.5, 0.6) is 11.5 Å². The number of hydrogen-bond donors (Lipinski definition) is 1. The predicted octanol–water partition coefficient (Wildman–Crippen LogP) is 3.54. The van der Waals surface area contributed by atoms with Gasteiger partial charge in [-0.15, -0.1) is 0 Å². The van der Waals surface area contributed by atoms with Crippen molar-refractivity contribution >= 4 is 16.6 Å². The summed E-state index contributed by atoms with van der Waals surface area (Å²) in [6.07, 6.45) is 1.75. The zero-order valence-electron chi connectivity index (χ0n) is 12.0. The first kappa shape index (κ1) is 14.1. The van der Waals surface area contributed by atoms with Crippen molar-refractivity contribution in [2.45, 2.75) is 6.61 Å². The second kappa shape index (κ2) is 5.89. The second-order valence-corrected chi connectivity index (χ2v) is 4.84. The van der Waals surface area contributed by atoms with Gasteiger partial charge in [0.2, 0.25) is 0 Å². The van der Waals surface area contributed by atoms with Crippen molar-refractivity contribution in [2.24, 2.45) is 0 Å². The standard InChI is InChI=1S/C17H15FN2O2/c1-21-16-8-13(18)14(19)9-17(16)22-10-11-4-5-15-12(7-11)3-2-6-20-15/h2-9H,10,19H2,1H3. The summed E-state index contributed by atoms with van der Waals surface area (Å²) in [6, 6.07) is 12.4. The lowest BCUT2D eigenvalue weighted by Crippen LogP contribution is -2.00. The summed E-state index contributed by atoms with van der Waals surface area (Å²) in [5.41, 5.74) is 7.50. The first-order valence-corrected chi connectivity index (χ1v) is 6.77. The van der Waals surface area contributed by atoms with E-state index < -0.39 is 5.82 Å². The van der Waals surface area contributed by atoms with Gasteiger partial charge in [0, 0.05) is 23.7 Å². The Hall–Kier alpha value is -2.82. The Kier molecular flexibility index (Phi) is 3.78. The van der Waals surface area contributed by atoms with Gasteiger partial charge in [-0.1, -0.05) is 12.1 Å². The molecule has 0 saturated heterocycles. The number of halogens is 1. The van der Waals surface area contributed by atoms with Crippen LogP contribution in [0.2, 0.25) is 0 Å². The fraction of sp³-hybridized carbons (Fsp3) is 0.118. The number of methoxy groups -OCH3 is 1. The highest BCUT2D eigenvalue weighted by atomic mass is 19.1. The number of nitrogens with two attached hydrogens (primary N) is 1. The molecule has 112 valence electrons. The molecule has 1 aromatic heterocycles. The monoisotopic (exact) mass is 298 g/mol. The highest BCUT2D eigenvalue weighted by molar-refractivity contribution is 5.78. The maximum Gasteiger partial charge on any atom is 0.163 e. The van der Waals surface area contributed by atoms with Gasteiger partial charge >= 0.3 is 0 Å². The largest absolute Gasteiger partial charge is 0.493 e. The normalized spacial score (nSPS) is 10.6. The molecule has 4 nitrogen and oxygen atoms in total. The van der Waals surface area contributed by atoms with Gasteiger partial charge in [-0.2, -0.15) is 0 Å². The van der Waals surface area contributed by atoms with E-state index in [2.05, 4.69) is 4.98 Å². The molecule has 22 heavy (non-hydrogen) atoms. The Morgan fingerprint density at radius 1 is 1.14 bits per heavy atom. The van der Waals surface area contributed by atoms with Gasteiger partial charge in [-0.05, 0) is 23.8 Å². The number of nitrogens with zero attached hydrogens (tertiary/aromatic N) is 1. The number of aromatic nitrogens is 1. The molecule has 0 aliphatic rings. The summed E-state index contributed by atoms with van der Waals surface area (Å²) in [4.78, 5) is 4.27. The molecule has 1 heterocycles. The number of hydrogen-bond acceptors (Lipinski definition) is 4. The average molecular weight is 298 g/mol. The van der Waals surface area contributed by atoms with Crippen LogP contribution in [0.25, 0.3) is 10.9 Å². The molecule has 0 fully saturated rings. The van der Waals surface area contributed by atoms with E-state index in [9.17, 15) is 4.39 Å². The molecule has 3 rings (SSSR count). The van der Waals surface area contributed by atoms with Gasteiger partial charge < -0.3 is 15.2 Å². The minimum absolute atomic E-state index is 0.0264. The highest BCUT2D eigenvalue weighted by Gasteiger charge is 2.10. The van der Waals surface area contributed by atoms with Crippen molar-refractivity contribution in [3.05, 3.63) is 60.0 Å². The Morgan fingerprint density at radius 3 is 2.82 bits per heavy atom. The number of fused-ring (bicyclic) bond motifs is 1. The predicted molar refractivity (Wildman–Crippen MR) is 83.4 cm³/mol. The number of benzene rings is 2. The maximum atomic E-state index is 13.4.